The van der Waals surface area contributed by atoms with E-state index in [0.29, 0.717) is 0 Å². The summed E-state index contributed by atoms with van der Waals surface area (Å²) in [6, 6.07) is 18.9. The van der Waals surface area contributed by atoms with E-state index in [0.717, 1.165) is 11.1 Å². The van der Waals surface area contributed by atoms with E-state index in [4.69, 9.17) is 0 Å². The average Bonchev–Trinajstić information content (AvgIpc) is 2.74. The summed E-state index contributed by atoms with van der Waals surface area (Å²) in [5, 5.41) is 2.89. The van der Waals surface area contributed by atoms with Crippen LogP contribution >= 0.6 is 0 Å². The molecule has 1 aromatic heterocycles. The van der Waals surface area contributed by atoms with Crippen LogP contribution in [0.3, 0.4) is 0 Å². The number of hydrogen-bond donors (Lipinski definition) is 2. The first kappa shape index (κ1) is 19.7. The lowest BCUT2D eigenvalue weighted by Crippen LogP contribution is -2.27. The lowest BCUT2D eigenvalue weighted by molar-refractivity contribution is 0.0939. The number of nitrogens with one attached hydrogen (secondary N) is 2. The molecule has 0 spiro atoms. The Morgan fingerprint density at radius 2 is 1.82 bits per heavy atom. The first-order valence-electron chi connectivity index (χ1n) is 8.80. The molecule has 28 heavy (non-hydrogen) atoms. The summed E-state index contributed by atoms with van der Waals surface area (Å²) in [5.41, 5.74) is 2.00. The quantitative estimate of drug-likeness (QED) is 0.644. The zero-order valence-corrected chi connectivity index (χ0v) is 16.2. The van der Waals surface area contributed by atoms with E-state index in [1.165, 1.54) is 12.1 Å². The van der Waals surface area contributed by atoms with Gasteiger partial charge in [0.05, 0.1) is 10.9 Å². The summed E-state index contributed by atoms with van der Waals surface area (Å²) in [5.74, 6) is -0.333. The summed E-state index contributed by atoms with van der Waals surface area (Å²) < 4.78 is 27.6. The summed E-state index contributed by atoms with van der Waals surface area (Å²) in [4.78, 5) is 16.6. The van der Waals surface area contributed by atoms with Crippen molar-refractivity contribution in [2.75, 3.05) is 0 Å². The summed E-state index contributed by atoms with van der Waals surface area (Å²) in [6.07, 6.45) is 3.22. The van der Waals surface area contributed by atoms with E-state index in [2.05, 4.69) is 15.0 Å². The Hall–Kier alpha value is -3.03. The average molecular weight is 395 g/mol. The highest BCUT2D eigenvalue weighted by Crippen LogP contribution is 2.15. The number of carbonyl (C=O) groups excluding carboxylic acids is 1. The molecule has 1 amide bonds. The molecule has 1 heterocycles. The van der Waals surface area contributed by atoms with Crippen molar-refractivity contribution >= 4 is 15.9 Å². The summed E-state index contributed by atoms with van der Waals surface area (Å²) in [6.45, 7) is 2.00. The molecule has 1 atom stereocenters. The van der Waals surface area contributed by atoms with Gasteiger partial charge in [0.1, 0.15) is 0 Å². The molecule has 3 aromatic rings. The van der Waals surface area contributed by atoms with Crippen LogP contribution in [0.1, 0.15) is 34.5 Å². The molecule has 0 radical (unpaired) electrons. The fraction of sp³-hybridized carbons (Fsp3) is 0.143. The van der Waals surface area contributed by atoms with Gasteiger partial charge < -0.3 is 5.32 Å². The van der Waals surface area contributed by atoms with Crippen LogP contribution in [-0.2, 0) is 16.6 Å². The Morgan fingerprint density at radius 3 is 2.54 bits per heavy atom. The SMILES string of the molecule is CC(NC(=O)c1cccc(S(=O)(=O)NCc2cccnc2)c1)c1ccccc1. The minimum Gasteiger partial charge on any atom is -0.346 e. The Kier molecular flexibility index (Phi) is 6.18. The molecule has 1 unspecified atom stereocenters. The second-order valence-corrected chi connectivity index (χ2v) is 8.09. The molecule has 3 rings (SSSR count). The topological polar surface area (TPSA) is 88.2 Å². The minimum atomic E-state index is -3.75. The van der Waals surface area contributed by atoms with Crippen LogP contribution in [0.25, 0.3) is 0 Å². The van der Waals surface area contributed by atoms with Gasteiger partial charge in [-0.05, 0) is 42.3 Å². The van der Waals surface area contributed by atoms with Crippen LogP contribution < -0.4 is 10.0 Å². The first-order valence-corrected chi connectivity index (χ1v) is 10.3. The van der Waals surface area contributed by atoms with E-state index < -0.39 is 10.0 Å². The van der Waals surface area contributed by atoms with Crippen LogP contribution in [0, 0.1) is 0 Å². The van der Waals surface area contributed by atoms with E-state index in [-0.39, 0.29) is 29.0 Å². The van der Waals surface area contributed by atoms with Crippen molar-refractivity contribution in [2.24, 2.45) is 0 Å². The van der Waals surface area contributed by atoms with E-state index in [9.17, 15) is 13.2 Å². The molecular formula is C21H21N3O3S. The number of pyridine rings is 1. The molecule has 0 fully saturated rings. The number of benzene rings is 2. The highest BCUT2D eigenvalue weighted by molar-refractivity contribution is 7.89. The Balaban J connectivity index is 1.71. The summed E-state index contributed by atoms with van der Waals surface area (Å²) >= 11 is 0. The van der Waals surface area contributed by atoms with Gasteiger partial charge in [0, 0.05) is 24.5 Å². The Labute approximate surface area is 164 Å². The molecular weight excluding hydrogens is 374 g/mol. The Bertz CT molecular complexity index is 1040. The molecule has 0 saturated heterocycles. The van der Waals surface area contributed by atoms with E-state index >= 15 is 0 Å². The van der Waals surface area contributed by atoms with Crippen molar-refractivity contribution in [1.82, 2.24) is 15.0 Å². The minimum absolute atomic E-state index is 0.0383. The molecule has 0 bridgehead atoms. The second-order valence-electron chi connectivity index (χ2n) is 6.32. The molecule has 7 heteroatoms. The van der Waals surface area contributed by atoms with Gasteiger partial charge in [-0.1, -0.05) is 42.5 Å². The largest absolute Gasteiger partial charge is 0.346 e. The summed E-state index contributed by atoms with van der Waals surface area (Å²) in [7, 11) is -3.75. The third kappa shape index (κ3) is 5.03. The van der Waals surface area contributed by atoms with Gasteiger partial charge in [-0.15, -0.1) is 0 Å². The van der Waals surface area contributed by atoms with Crippen molar-refractivity contribution in [3.63, 3.8) is 0 Å². The van der Waals surface area contributed by atoms with Gasteiger partial charge in [-0.3, -0.25) is 9.78 Å². The number of amides is 1. The van der Waals surface area contributed by atoms with Crippen LogP contribution in [0.15, 0.2) is 84.0 Å². The predicted molar refractivity (Wildman–Crippen MR) is 107 cm³/mol. The van der Waals surface area contributed by atoms with Crippen LogP contribution in [0.5, 0.6) is 0 Å². The van der Waals surface area contributed by atoms with Gasteiger partial charge in [0.15, 0.2) is 0 Å². The smallest absolute Gasteiger partial charge is 0.251 e. The standard InChI is InChI=1S/C21H21N3O3S/c1-16(18-8-3-2-4-9-18)24-21(25)19-10-5-11-20(13-19)28(26,27)23-15-17-7-6-12-22-14-17/h2-14,16,23H,15H2,1H3,(H,24,25). The van der Waals surface area contributed by atoms with Crippen LogP contribution in [0.4, 0.5) is 0 Å². The number of hydrogen-bond acceptors (Lipinski definition) is 4. The van der Waals surface area contributed by atoms with E-state index in [1.54, 1.807) is 36.7 Å². The molecule has 0 saturated carbocycles. The lowest BCUT2D eigenvalue weighted by atomic mass is 10.1. The zero-order chi connectivity index (χ0) is 20.0. The van der Waals surface area contributed by atoms with Crippen molar-refractivity contribution < 1.29 is 13.2 Å². The van der Waals surface area contributed by atoms with Crippen molar-refractivity contribution in [1.29, 1.82) is 0 Å². The molecule has 2 N–H and O–H groups in total. The van der Waals surface area contributed by atoms with Crippen molar-refractivity contribution in [3.05, 3.63) is 95.8 Å². The van der Waals surface area contributed by atoms with Crippen LogP contribution in [0.2, 0.25) is 0 Å². The molecule has 0 aliphatic carbocycles. The molecule has 144 valence electrons. The number of nitrogens with zero attached hydrogens (tertiary/aromatic N) is 1. The number of rotatable bonds is 7. The van der Waals surface area contributed by atoms with Gasteiger partial charge in [-0.2, -0.15) is 0 Å². The van der Waals surface area contributed by atoms with Crippen molar-refractivity contribution in [2.45, 2.75) is 24.4 Å². The highest BCUT2D eigenvalue weighted by Gasteiger charge is 2.17. The second kappa shape index (κ2) is 8.77. The fourth-order valence-electron chi connectivity index (χ4n) is 2.67. The lowest BCUT2D eigenvalue weighted by Gasteiger charge is -2.15. The number of carbonyl (C=O) groups is 1. The zero-order valence-electron chi connectivity index (χ0n) is 15.4. The van der Waals surface area contributed by atoms with Gasteiger partial charge >= 0.3 is 0 Å². The highest BCUT2D eigenvalue weighted by atomic mass is 32.2. The normalized spacial score (nSPS) is 12.3. The third-order valence-corrected chi connectivity index (χ3v) is 5.64. The maximum Gasteiger partial charge on any atom is 0.251 e. The third-order valence-electron chi connectivity index (χ3n) is 4.24. The number of sulfonamides is 1. The first-order chi connectivity index (χ1) is 13.5. The molecule has 2 aromatic carbocycles. The molecule has 0 aliphatic rings. The van der Waals surface area contributed by atoms with E-state index in [1.807, 2.05) is 37.3 Å². The van der Waals surface area contributed by atoms with Gasteiger partial charge in [0.2, 0.25) is 10.0 Å². The maximum atomic E-state index is 12.6. The van der Waals surface area contributed by atoms with Gasteiger partial charge in [-0.25, -0.2) is 13.1 Å². The fourth-order valence-corrected chi connectivity index (χ4v) is 3.74. The van der Waals surface area contributed by atoms with Crippen molar-refractivity contribution in [3.8, 4) is 0 Å². The number of aromatic nitrogens is 1. The predicted octanol–water partition coefficient (Wildman–Crippen LogP) is 3.05. The van der Waals surface area contributed by atoms with Crippen LogP contribution in [-0.4, -0.2) is 19.3 Å². The Morgan fingerprint density at radius 1 is 1.04 bits per heavy atom. The van der Waals surface area contributed by atoms with Gasteiger partial charge in [0.25, 0.3) is 5.91 Å². The molecule has 0 aliphatic heterocycles. The molecule has 6 nitrogen and oxygen atoms in total. The monoisotopic (exact) mass is 395 g/mol. The maximum absolute atomic E-state index is 12.6.